The van der Waals surface area contributed by atoms with Crippen LogP contribution in [-0.2, 0) is 0 Å². The van der Waals surface area contributed by atoms with E-state index < -0.39 is 5.82 Å². The quantitative estimate of drug-likeness (QED) is 0.899. The second-order valence-electron chi connectivity index (χ2n) is 4.55. The van der Waals surface area contributed by atoms with Gasteiger partial charge in [-0.2, -0.15) is 0 Å². The van der Waals surface area contributed by atoms with Crippen LogP contribution in [0.15, 0.2) is 22.7 Å². The summed E-state index contributed by atoms with van der Waals surface area (Å²) in [6.07, 6.45) is 2.24. The Labute approximate surface area is 114 Å². The summed E-state index contributed by atoms with van der Waals surface area (Å²) in [7, 11) is 0. The fourth-order valence-electron chi connectivity index (χ4n) is 2.10. The van der Waals surface area contributed by atoms with Crippen molar-refractivity contribution in [1.29, 1.82) is 0 Å². The fourth-order valence-corrected chi connectivity index (χ4v) is 2.46. The molecule has 0 spiro atoms. The van der Waals surface area contributed by atoms with E-state index in [2.05, 4.69) is 26.6 Å². The second-order valence-corrected chi connectivity index (χ2v) is 5.46. The number of piperidine rings is 1. The summed E-state index contributed by atoms with van der Waals surface area (Å²) in [5.74, 6) is -0.394. The molecule has 1 unspecified atom stereocenters. The van der Waals surface area contributed by atoms with Crippen molar-refractivity contribution in [3.63, 3.8) is 0 Å². The lowest BCUT2D eigenvalue weighted by Crippen LogP contribution is -2.38. The van der Waals surface area contributed by atoms with Gasteiger partial charge < -0.3 is 10.6 Å². The average molecular weight is 315 g/mol. The predicted molar refractivity (Wildman–Crippen MR) is 72.0 cm³/mol. The van der Waals surface area contributed by atoms with Crippen LogP contribution in [-0.4, -0.2) is 25.5 Å². The summed E-state index contributed by atoms with van der Waals surface area (Å²) >= 11 is 3.24. The van der Waals surface area contributed by atoms with Crippen molar-refractivity contribution < 1.29 is 9.18 Å². The van der Waals surface area contributed by atoms with E-state index in [1.165, 1.54) is 12.1 Å². The van der Waals surface area contributed by atoms with Gasteiger partial charge in [0.1, 0.15) is 5.82 Å². The topological polar surface area (TPSA) is 41.1 Å². The SMILES string of the molecule is O=C(NCC1CCCNC1)c1cc(Br)ccc1F. The van der Waals surface area contributed by atoms with E-state index in [-0.39, 0.29) is 11.5 Å². The Bertz CT molecular complexity index is 433. The molecule has 1 saturated heterocycles. The third-order valence-electron chi connectivity index (χ3n) is 3.12. The number of carbonyl (C=O) groups is 1. The van der Waals surface area contributed by atoms with Gasteiger partial charge in [-0.3, -0.25) is 4.79 Å². The van der Waals surface area contributed by atoms with Crippen LogP contribution in [0.2, 0.25) is 0 Å². The van der Waals surface area contributed by atoms with E-state index in [0.717, 1.165) is 25.9 Å². The van der Waals surface area contributed by atoms with Gasteiger partial charge in [-0.25, -0.2) is 4.39 Å². The van der Waals surface area contributed by atoms with Crippen molar-refractivity contribution in [2.75, 3.05) is 19.6 Å². The molecule has 1 aromatic rings. The van der Waals surface area contributed by atoms with Gasteiger partial charge in [-0.1, -0.05) is 15.9 Å². The van der Waals surface area contributed by atoms with Gasteiger partial charge in [-0.05, 0) is 50.0 Å². The van der Waals surface area contributed by atoms with Crippen LogP contribution in [0.25, 0.3) is 0 Å². The second kappa shape index (κ2) is 6.29. The van der Waals surface area contributed by atoms with E-state index >= 15 is 0 Å². The molecule has 1 heterocycles. The maximum Gasteiger partial charge on any atom is 0.254 e. The van der Waals surface area contributed by atoms with Gasteiger partial charge in [0, 0.05) is 11.0 Å². The zero-order valence-electron chi connectivity index (χ0n) is 10.0. The molecule has 1 atom stereocenters. The van der Waals surface area contributed by atoms with Crippen LogP contribution in [0.4, 0.5) is 4.39 Å². The number of nitrogens with one attached hydrogen (secondary N) is 2. The highest BCUT2D eigenvalue weighted by Gasteiger charge is 2.16. The van der Waals surface area contributed by atoms with Crippen LogP contribution in [0.3, 0.4) is 0 Å². The Morgan fingerprint density at radius 2 is 2.39 bits per heavy atom. The van der Waals surface area contributed by atoms with Crippen LogP contribution in [0.1, 0.15) is 23.2 Å². The van der Waals surface area contributed by atoms with Crippen LogP contribution < -0.4 is 10.6 Å². The van der Waals surface area contributed by atoms with Crippen LogP contribution in [0.5, 0.6) is 0 Å². The van der Waals surface area contributed by atoms with E-state index in [9.17, 15) is 9.18 Å². The minimum atomic E-state index is -0.488. The first kappa shape index (κ1) is 13.5. The molecular weight excluding hydrogens is 299 g/mol. The highest BCUT2D eigenvalue weighted by atomic mass is 79.9. The lowest BCUT2D eigenvalue weighted by atomic mass is 9.99. The largest absolute Gasteiger partial charge is 0.352 e. The highest BCUT2D eigenvalue weighted by molar-refractivity contribution is 9.10. The molecular formula is C13H16BrFN2O. The van der Waals surface area contributed by atoms with E-state index in [1.54, 1.807) is 6.07 Å². The Morgan fingerprint density at radius 1 is 1.56 bits per heavy atom. The third-order valence-corrected chi connectivity index (χ3v) is 3.62. The van der Waals surface area contributed by atoms with Crippen molar-refractivity contribution in [2.45, 2.75) is 12.8 Å². The molecule has 0 aromatic heterocycles. The highest BCUT2D eigenvalue weighted by Crippen LogP contribution is 2.16. The Balaban J connectivity index is 1.92. The molecule has 0 saturated carbocycles. The van der Waals surface area contributed by atoms with Gasteiger partial charge in [-0.15, -0.1) is 0 Å². The van der Waals surface area contributed by atoms with Crippen molar-refractivity contribution >= 4 is 21.8 Å². The Hall–Kier alpha value is -0.940. The lowest BCUT2D eigenvalue weighted by Gasteiger charge is -2.22. The molecule has 1 aromatic carbocycles. The number of rotatable bonds is 3. The summed E-state index contributed by atoms with van der Waals surface area (Å²) < 4.78 is 14.2. The molecule has 18 heavy (non-hydrogen) atoms. The average Bonchev–Trinajstić information content (AvgIpc) is 2.40. The first-order chi connectivity index (χ1) is 8.66. The van der Waals surface area contributed by atoms with E-state index in [1.807, 2.05) is 0 Å². The van der Waals surface area contributed by atoms with Crippen LogP contribution >= 0.6 is 15.9 Å². The van der Waals surface area contributed by atoms with Crippen molar-refractivity contribution in [3.05, 3.63) is 34.1 Å². The Morgan fingerprint density at radius 3 is 3.11 bits per heavy atom. The van der Waals surface area contributed by atoms with Gasteiger partial charge in [0.25, 0.3) is 5.91 Å². The summed E-state index contributed by atoms with van der Waals surface area (Å²) in [5, 5.41) is 6.08. The molecule has 5 heteroatoms. The molecule has 1 aliphatic rings. The molecule has 0 bridgehead atoms. The third kappa shape index (κ3) is 3.53. The number of hydrogen-bond acceptors (Lipinski definition) is 2. The molecule has 1 fully saturated rings. The molecule has 3 nitrogen and oxygen atoms in total. The minimum Gasteiger partial charge on any atom is -0.352 e. The summed E-state index contributed by atoms with van der Waals surface area (Å²) in [6.45, 7) is 2.56. The molecule has 1 aliphatic heterocycles. The standard InChI is InChI=1S/C13H16BrFN2O/c14-10-3-4-12(15)11(6-10)13(18)17-8-9-2-1-5-16-7-9/h3-4,6,9,16H,1-2,5,7-8H2,(H,17,18). The molecule has 1 amide bonds. The number of carbonyl (C=O) groups excluding carboxylic acids is 1. The lowest BCUT2D eigenvalue weighted by molar-refractivity contribution is 0.0940. The molecule has 2 N–H and O–H groups in total. The number of benzene rings is 1. The van der Waals surface area contributed by atoms with Crippen molar-refractivity contribution in [3.8, 4) is 0 Å². The number of amides is 1. The monoisotopic (exact) mass is 314 g/mol. The van der Waals surface area contributed by atoms with E-state index in [4.69, 9.17) is 0 Å². The van der Waals surface area contributed by atoms with Gasteiger partial charge in [0.15, 0.2) is 0 Å². The minimum absolute atomic E-state index is 0.0909. The predicted octanol–water partition coefficient (Wildman–Crippen LogP) is 2.32. The summed E-state index contributed by atoms with van der Waals surface area (Å²) in [4.78, 5) is 11.9. The molecule has 0 aliphatic carbocycles. The smallest absolute Gasteiger partial charge is 0.254 e. The van der Waals surface area contributed by atoms with Gasteiger partial charge >= 0.3 is 0 Å². The Kier molecular flexibility index (Phi) is 4.72. The number of halogens is 2. The first-order valence-corrected chi connectivity index (χ1v) is 6.90. The van der Waals surface area contributed by atoms with Crippen molar-refractivity contribution in [2.24, 2.45) is 5.92 Å². The molecule has 2 rings (SSSR count). The normalized spacial score (nSPS) is 19.6. The molecule has 98 valence electrons. The van der Waals surface area contributed by atoms with E-state index in [0.29, 0.717) is 16.9 Å². The number of hydrogen-bond donors (Lipinski definition) is 2. The van der Waals surface area contributed by atoms with Gasteiger partial charge in [0.05, 0.1) is 5.56 Å². The maximum absolute atomic E-state index is 13.5. The van der Waals surface area contributed by atoms with Crippen LogP contribution in [0, 0.1) is 11.7 Å². The van der Waals surface area contributed by atoms with Crippen molar-refractivity contribution in [1.82, 2.24) is 10.6 Å². The fraction of sp³-hybridized carbons (Fsp3) is 0.462. The first-order valence-electron chi connectivity index (χ1n) is 6.11. The summed E-state index contributed by atoms with van der Waals surface area (Å²) in [5.41, 5.74) is 0.0909. The zero-order valence-corrected chi connectivity index (χ0v) is 11.6. The summed E-state index contributed by atoms with van der Waals surface area (Å²) in [6, 6.07) is 4.38. The zero-order chi connectivity index (χ0) is 13.0. The maximum atomic E-state index is 13.5. The van der Waals surface area contributed by atoms with Gasteiger partial charge in [0.2, 0.25) is 0 Å². The molecule has 0 radical (unpaired) electrons.